The lowest BCUT2D eigenvalue weighted by Gasteiger charge is -2.33. The molecule has 0 bridgehead atoms. The van der Waals surface area contributed by atoms with Crippen LogP contribution in [0, 0.1) is 0 Å². The minimum absolute atomic E-state index is 0.0261. The van der Waals surface area contributed by atoms with Gasteiger partial charge in [0.2, 0.25) is 5.91 Å². The van der Waals surface area contributed by atoms with Crippen LogP contribution in [0.25, 0.3) is 11.1 Å². The van der Waals surface area contributed by atoms with Gasteiger partial charge in [-0.25, -0.2) is 9.97 Å². The van der Waals surface area contributed by atoms with Crippen molar-refractivity contribution >= 4 is 17.5 Å². The highest BCUT2D eigenvalue weighted by Gasteiger charge is 2.24. The van der Waals surface area contributed by atoms with E-state index in [-0.39, 0.29) is 11.9 Å². The number of hydrogen-bond acceptors (Lipinski definition) is 7. The molecule has 2 heterocycles. The standard InChI is InChI=1S/C26H30N6O2/c1-28-15-5-10-23(33)32-16-6-7-20(17-32)31-26-24(25(27)29-18-30-26)19-11-13-22(14-12-19)34-21-8-3-2-4-9-21/h2-5,8-14,18,20,28H,6-7,15-17H2,1H3,(H3,27,29,30,31)/b10-5+/t20-/m1/s1. The summed E-state index contributed by atoms with van der Waals surface area (Å²) in [6.45, 7) is 2.03. The normalized spacial score (nSPS) is 15.9. The molecule has 1 fully saturated rings. The fraction of sp³-hybridized carbons (Fsp3) is 0.269. The van der Waals surface area contributed by atoms with E-state index in [9.17, 15) is 4.79 Å². The molecule has 8 heteroatoms. The minimum atomic E-state index is 0.0261. The van der Waals surface area contributed by atoms with E-state index in [1.807, 2.05) is 72.6 Å². The average molecular weight is 459 g/mol. The van der Waals surface area contributed by atoms with Gasteiger partial charge < -0.3 is 26.0 Å². The Labute approximate surface area is 199 Å². The number of hydrogen-bond donors (Lipinski definition) is 3. The Morgan fingerprint density at radius 2 is 1.91 bits per heavy atom. The summed E-state index contributed by atoms with van der Waals surface area (Å²) in [7, 11) is 1.85. The number of anilines is 2. The van der Waals surface area contributed by atoms with E-state index in [1.54, 1.807) is 6.08 Å². The quantitative estimate of drug-likeness (QED) is 0.442. The minimum Gasteiger partial charge on any atom is -0.457 e. The van der Waals surface area contributed by atoms with E-state index in [0.717, 1.165) is 42.0 Å². The molecule has 0 saturated carbocycles. The first kappa shape index (κ1) is 23.3. The first-order chi connectivity index (χ1) is 16.6. The third kappa shape index (κ3) is 5.90. The molecule has 1 aliphatic heterocycles. The molecule has 1 saturated heterocycles. The van der Waals surface area contributed by atoms with Crippen molar-refractivity contribution in [1.29, 1.82) is 0 Å². The van der Waals surface area contributed by atoms with Gasteiger partial charge >= 0.3 is 0 Å². The van der Waals surface area contributed by atoms with Gasteiger partial charge in [-0.2, -0.15) is 0 Å². The molecule has 2 aromatic carbocycles. The van der Waals surface area contributed by atoms with Crippen molar-refractivity contribution in [1.82, 2.24) is 20.2 Å². The molecular weight excluding hydrogens is 428 g/mol. The monoisotopic (exact) mass is 458 g/mol. The van der Waals surface area contributed by atoms with Gasteiger partial charge in [-0.1, -0.05) is 36.4 Å². The summed E-state index contributed by atoms with van der Waals surface area (Å²) in [5, 5.41) is 6.51. The van der Waals surface area contributed by atoms with Gasteiger partial charge in [0.05, 0.1) is 5.56 Å². The van der Waals surface area contributed by atoms with Gasteiger partial charge in [-0.3, -0.25) is 4.79 Å². The van der Waals surface area contributed by atoms with Crippen molar-refractivity contribution in [2.24, 2.45) is 0 Å². The molecule has 0 spiro atoms. The molecule has 1 aliphatic rings. The number of para-hydroxylation sites is 1. The highest BCUT2D eigenvalue weighted by Crippen LogP contribution is 2.33. The third-order valence-corrected chi connectivity index (χ3v) is 5.65. The average Bonchev–Trinajstić information content (AvgIpc) is 2.86. The van der Waals surface area contributed by atoms with Crippen LogP contribution in [0.1, 0.15) is 12.8 Å². The zero-order valence-corrected chi connectivity index (χ0v) is 19.3. The predicted molar refractivity (Wildman–Crippen MR) is 135 cm³/mol. The first-order valence-corrected chi connectivity index (χ1v) is 11.4. The molecule has 176 valence electrons. The summed E-state index contributed by atoms with van der Waals surface area (Å²) >= 11 is 0. The lowest BCUT2D eigenvalue weighted by molar-refractivity contribution is -0.127. The van der Waals surface area contributed by atoms with Gasteiger partial charge in [0, 0.05) is 31.8 Å². The molecule has 1 atom stereocenters. The van der Waals surface area contributed by atoms with Crippen LogP contribution in [0.3, 0.4) is 0 Å². The van der Waals surface area contributed by atoms with Crippen LogP contribution in [0.2, 0.25) is 0 Å². The van der Waals surface area contributed by atoms with E-state index < -0.39 is 0 Å². The summed E-state index contributed by atoms with van der Waals surface area (Å²) in [5.41, 5.74) is 7.89. The smallest absolute Gasteiger partial charge is 0.246 e. The van der Waals surface area contributed by atoms with Gasteiger partial charge in [0.25, 0.3) is 0 Å². The van der Waals surface area contributed by atoms with Crippen molar-refractivity contribution in [3.63, 3.8) is 0 Å². The summed E-state index contributed by atoms with van der Waals surface area (Å²) < 4.78 is 5.90. The molecule has 0 aliphatic carbocycles. The van der Waals surface area contributed by atoms with Crippen LogP contribution in [-0.4, -0.2) is 53.5 Å². The van der Waals surface area contributed by atoms with Gasteiger partial charge in [0.15, 0.2) is 0 Å². The number of amides is 1. The molecule has 0 unspecified atom stereocenters. The van der Waals surface area contributed by atoms with Crippen molar-refractivity contribution < 1.29 is 9.53 Å². The fourth-order valence-corrected chi connectivity index (χ4v) is 3.98. The van der Waals surface area contributed by atoms with E-state index in [2.05, 4.69) is 20.6 Å². The molecule has 34 heavy (non-hydrogen) atoms. The number of ether oxygens (including phenoxy) is 1. The molecule has 4 rings (SSSR count). The Morgan fingerprint density at radius 3 is 2.68 bits per heavy atom. The molecule has 0 radical (unpaired) electrons. The van der Waals surface area contributed by atoms with E-state index in [4.69, 9.17) is 10.5 Å². The maximum absolute atomic E-state index is 12.5. The van der Waals surface area contributed by atoms with E-state index >= 15 is 0 Å². The Morgan fingerprint density at radius 1 is 1.15 bits per heavy atom. The number of likely N-dealkylation sites (tertiary alicyclic amines) is 1. The number of benzene rings is 2. The van der Waals surface area contributed by atoms with Crippen molar-refractivity contribution in [2.75, 3.05) is 37.7 Å². The molecule has 1 amide bonds. The lowest BCUT2D eigenvalue weighted by Crippen LogP contribution is -2.44. The SMILES string of the molecule is CNC/C=C/C(=O)N1CCC[C@@H](Nc2ncnc(N)c2-c2ccc(Oc3ccccc3)cc2)C1. The molecule has 4 N–H and O–H groups in total. The highest BCUT2D eigenvalue weighted by molar-refractivity contribution is 5.88. The van der Waals surface area contributed by atoms with Crippen LogP contribution < -0.4 is 21.1 Å². The van der Waals surface area contributed by atoms with Crippen molar-refractivity contribution in [3.05, 3.63) is 73.1 Å². The number of likely N-dealkylation sites (N-methyl/N-ethyl adjacent to an activating group) is 1. The van der Waals surface area contributed by atoms with Crippen LogP contribution in [0.4, 0.5) is 11.6 Å². The number of nitrogens with one attached hydrogen (secondary N) is 2. The zero-order chi connectivity index (χ0) is 23.8. The fourth-order valence-electron chi connectivity index (χ4n) is 3.98. The maximum atomic E-state index is 12.5. The largest absolute Gasteiger partial charge is 0.457 e. The van der Waals surface area contributed by atoms with Crippen molar-refractivity contribution in [3.8, 4) is 22.6 Å². The molecular formula is C26H30N6O2. The van der Waals surface area contributed by atoms with Gasteiger partial charge in [-0.05, 0) is 49.7 Å². The maximum Gasteiger partial charge on any atom is 0.246 e. The second kappa shape index (κ2) is 11.3. The van der Waals surface area contributed by atoms with Gasteiger partial charge in [0.1, 0.15) is 29.5 Å². The van der Waals surface area contributed by atoms with Crippen LogP contribution in [0.5, 0.6) is 11.5 Å². The summed E-state index contributed by atoms with van der Waals surface area (Å²) in [6, 6.07) is 17.4. The van der Waals surface area contributed by atoms with Crippen LogP contribution in [-0.2, 0) is 4.79 Å². The summed E-state index contributed by atoms with van der Waals surface area (Å²) in [4.78, 5) is 23.0. The van der Waals surface area contributed by atoms with Crippen molar-refractivity contribution in [2.45, 2.75) is 18.9 Å². The summed E-state index contributed by atoms with van der Waals surface area (Å²) in [6.07, 6.45) is 6.79. The number of nitrogens with zero attached hydrogens (tertiary/aromatic N) is 3. The zero-order valence-electron chi connectivity index (χ0n) is 19.3. The van der Waals surface area contributed by atoms with E-state index in [1.165, 1.54) is 6.33 Å². The number of piperidine rings is 1. The van der Waals surface area contributed by atoms with E-state index in [0.29, 0.717) is 24.7 Å². The second-order valence-corrected chi connectivity index (χ2v) is 8.15. The number of nitrogen functional groups attached to an aromatic ring is 1. The van der Waals surface area contributed by atoms with Gasteiger partial charge in [-0.15, -0.1) is 0 Å². The topological polar surface area (TPSA) is 105 Å². The Balaban J connectivity index is 1.48. The number of carbonyl (C=O) groups is 1. The lowest BCUT2D eigenvalue weighted by atomic mass is 10.0. The summed E-state index contributed by atoms with van der Waals surface area (Å²) in [5.74, 6) is 2.59. The highest BCUT2D eigenvalue weighted by atomic mass is 16.5. The van der Waals surface area contributed by atoms with Crippen LogP contribution >= 0.6 is 0 Å². The van der Waals surface area contributed by atoms with Crippen LogP contribution in [0.15, 0.2) is 73.1 Å². The predicted octanol–water partition coefficient (Wildman–Crippen LogP) is 3.70. The molecule has 1 aromatic heterocycles. The Hall–Kier alpha value is -3.91. The number of aromatic nitrogens is 2. The number of nitrogens with two attached hydrogens (primary N) is 1. The Bertz CT molecular complexity index is 1120. The number of carbonyl (C=O) groups excluding carboxylic acids is 1. The first-order valence-electron chi connectivity index (χ1n) is 11.4. The number of rotatable bonds is 8. The third-order valence-electron chi connectivity index (χ3n) is 5.65. The molecule has 3 aromatic rings. The second-order valence-electron chi connectivity index (χ2n) is 8.15. The Kier molecular flexibility index (Phi) is 7.72. The molecule has 8 nitrogen and oxygen atoms in total.